The number of anilines is 3. The Kier molecular flexibility index (Phi) is 5.24. The first-order valence-electron chi connectivity index (χ1n) is 15.8. The fourth-order valence-corrected chi connectivity index (χ4v) is 7.62. The van der Waals surface area contributed by atoms with Crippen LogP contribution in [0.25, 0.3) is 49.3 Å². The maximum absolute atomic E-state index is 6.59. The average Bonchev–Trinajstić information content (AvgIpc) is 3.75. The van der Waals surface area contributed by atoms with Crippen LogP contribution in [0.1, 0.15) is 25.0 Å². The lowest BCUT2D eigenvalue weighted by Gasteiger charge is -2.41. The Hall–Kier alpha value is -6.14. The van der Waals surface area contributed by atoms with E-state index >= 15 is 0 Å². The maximum Gasteiger partial charge on any atom is 0.154 e. The van der Waals surface area contributed by atoms with Gasteiger partial charge in [0.05, 0.1) is 23.1 Å². The van der Waals surface area contributed by atoms with Crippen molar-refractivity contribution in [1.29, 1.82) is 0 Å². The van der Waals surface area contributed by atoms with Gasteiger partial charge in [-0.1, -0.05) is 74.5 Å². The second kappa shape index (κ2) is 9.44. The molecule has 1 aliphatic rings. The third-order valence-electron chi connectivity index (χ3n) is 9.69. The molecule has 0 spiro atoms. The van der Waals surface area contributed by atoms with E-state index in [2.05, 4.69) is 108 Å². The molecule has 4 aromatic heterocycles. The van der Waals surface area contributed by atoms with Gasteiger partial charge in [0.25, 0.3) is 0 Å². The summed E-state index contributed by atoms with van der Waals surface area (Å²) in [6, 6.07) is 39.8. The summed E-state index contributed by atoms with van der Waals surface area (Å²) in [5.41, 5.74) is 7.83. The van der Waals surface area contributed by atoms with Gasteiger partial charge in [0, 0.05) is 51.0 Å². The maximum atomic E-state index is 6.59. The molecule has 6 nitrogen and oxygen atoms in total. The summed E-state index contributed by atoms with van der Waals surface area (Å²) in [5, 5.41) is 5.58. The number of para-hydroxylation sites is 3. The van der Waals surface area contributed by atoms with Crippen molar-refractivity contribution in [2.24, 2.45) is 0 Å². The molecule has 0 saturated heterocycles. The number of aromatic nitrogens is 3. The van der Waals surface area contributed by atoms with E-state index < -0.39 is 0 Å². The molecule has 0 saturated carbocycles. The molecule has 47 heavy (non-hydrogen) atoms. The highest BCUT2D eigenvalue weighted by Crippen LogP contribution is 2.54. The summed E-state index contributed by atoms with van der Waals surface area (Å²) < 4.78 is 15.0. The van der Waals surface area contributed by atoms with E-state index in [4.69, 9.17) is 19.1 Å². The summed E-state index contributed by atoms with van der Waals surface area (Å²) in [7, 11) is 0. The summed E-state index contributed by atoms with van der Waals surface area (Å²) in [5.74, 6) is 2.38. The standard InChI is InChI=1S/C41H28N4O2/c1-41(2)32-14-5-7-16-34(32)45(40-38(41)37-30-13-4-8-17-35(30)47-36(37)24-43-40)25-10-9-11-26(22-25)46-27-18-19-28-29-12-3-6-15-33(29)44-21-20-42-39(44)31(28)23-27/h3-24H,1-2H3. The Morgan fingerprint density at radius 3 is 2.43 bits per heavy atom. The lowest BCUT2D eigenvalue weighted by atomic mass is 9.73. The van der Waals surface area contributed by atoms with Gasteiger partial charge in [-0.15, -0.1) is 0 Å². The average molecular weight is 609 g/mol. The van der Waals surface area contributed by atoms with Gasteiger partial charge in [0.15, 0.2) is 5.58 Å². The summed E-state index contributed by atoms with van der Waals surface area (Å²) in [6.45, 7) is 4.56. The highest BCUT2D eigenvalue weighted by atomic mass is 16.5. The monoisotopic (exact) mass is 608 g/mol. The van der Waals surface area contributed by atoms with Gasteiger partial charge in [-0.3, -0.25) is 9.30 Å². The molecule has 0 unspecified atom stereocenters. The number of ether oxygens (including phenoxy) is 1. The second-order valence-electron chi connectivity index (χ2n) is 12.7. The first-order valence-corrected chi connectivity index (χ1v) is 15.8. The lowest BCUT2D eigenvalue weighted by Crippen LogP contribution is -2.31. The summed E-state index contributed by atoms with van der Waals surface area (Å²) in [6.07, 6.45) is 5.72. The van der Waals surface area contributed by atoms with E-state index in [9.17, 15) is 0 Å². The highest BCUT2D eigenvalue weighted by Gasteiger charge is 2.40. The van der Waals surface area contributed by atoms with Crippen LogP contribution in [0.4, 0.5) is 17.2 Å². The number of furan rings is 1. The molecule has 0 fully saturated rings. The highest BCUT2D eigenvalue weighted by molar-refractivity contribution is 6.12. The summed E-state index contributed by atoms with van der Waals surface area (Å²) in [4.78, 5) is 12.0. The molecule has 0 bridgehead atoms. The Balaban J connectivity index is 1.13. The normalized spacial score (nSPS) is 13.9. The predicted molar refractivity (Wildman–Crippen MR) is 189 cm³/mol. The minimum Gasteiger partial charge on any atom is -0.457 e. The molecule has 5 heterocycles. The van der Waals surface area contributed by atoms with Gasteiger partial charge in [0.2, 0.25) is 0 Å². The lowest BCUT2D eigenvalue weighted by molar-refractivity contribution is 0.483. The van der Waals surface area contributed by atoms with Crippen molar-refractivity contribution in [1.82, 2.24) is 14.4 Å². The molecule has 224 valence electrons. The Labute approximate surface area is 270 Å². The van der Waals surface area contributed by atoms with Crippen LogP contribution < -0.4 is 9.64 Å². The molecule has 10 rings (SSSR count). The molecule has 0 radical (unpaired) electrons. The van der Waals surface area contributed by atoms with Crippen molar-refractivity contribution in [3.63, 3.8) is 0 Å². The zero-order chi connectivity index (χ0) is 31.3. The SMILES string of the molecule is CC1(C)c2ccccc2N(c2cccc(Oc3ccc4c5ccccc5n5ccnc5c4c3)c2)c2ncc3oc4ccccc4c3c21. The zero-order valence-corrected chi connectivity index (χ0v) is 25.8. The van der Waals surface area contributed by atoms with Crippen LogP contribution in [0.5, 0.6) is 11.5 Å². The molecule has 0 atom stereocenters. The van der Waals surface area contributed by atoms with Crippen LogP contribution in [0, 0.1) is 0 Å². The predicted octanol–water partition coefficient (Wildman–Crippen LogP) is 10.8. The minimum atomic E-state index is -0.316. The van der Waals surface area contributed by atoms with E-state index in [0.717, 1.165) is 78.1 Å². The van der Waals surface area contributed by atoms with E-state index in [1.807, 2.05) is 48.9 Å². The Morgan fingerprint density at radius 2 is 1.49 bits per heavy atom. The van der Waals surface area contributed by atoms with Crippen molar-refractivity contribution < 1.29 is 9.15 Å². The van der Waals surface area contributed by atoms with Crippen LogP contribution in [-0.2, 0) is 5.41 Å². The molecule has 0 amide bonds. The smallest absolute Gasteiger partial charge is 0.154 e. The number of imidazole rings is 1. The molecule has 0 N–H and O–H groups in total. The topological polar surface area (TPSA) is 55.8 Å². The Morgan fingerprint density at radius 1 is 0.681 bits per heavy atom. The van der Waals surface area contributed by atoms with Crippen LogP contribution in [0.3, 0.4) is 0 Å². The third kappa shape index (κ3) is 3.66. The number of hydrogen-bond donors (Lipinski definition) is 0. The molecule has 6 heteroatoms. The fourth-order valence-electron chi connectivity index (χ4n) is 7.62. The van der Waals surface area contributed by atoms with Gasteiger partial charge in [-0.25, -0.2) is 9.97 Å². The van der Waals surface area contributed by atoms with Gasteiger partial charge in [-0.05, 0) is 59.5 Å². The van der Waals surface area contributed by atoms with E-state index in [-0.39, 0.29) is 5.41 Å². The Bertz CT molecular complexity index is 2720. The minimum absolute atomic E-state index is 0.316. The molecule has 5 aromatic carbocycles. The first-order chi connectivity index (χ1) is 23.1. The van der Waals surface area contributed by atoms with Gasteiger partial charge in [-0.2, -0.15) is 0 Å². The van der Waals surface area contributed by atoms with Crippen LogP contribution in [-0.4, -0.2) is 14.4 Å². The number of nitrogens with zero attached hydrogens (tertiary/aromatic N) is 4. The molecule has 0 aliphatic carbocycles. The molecular weight excluding hydrogens is 580 g/mol. The summed E-state index contributed by atoms with van der Waals surface area (Å²) >= 11 is 0. The van der Waals surface area contributed by atoms with Crippen molar-refractivity contribution in [2.45, 2.75) is 19.3 Å². The van der Waals surface area contributed by atoms with Crippen LogP contribution in [0.15, 0.2) is 138 Å². The second-order valence-corrected chi connectivity index (χ2v) is 12.7. The van der Waals surface area contributed by atoms with Gasteiger partial charge >= 0.3 is 0 Å². The first kappa shape index (κ1) is 26.1. The molecule has 9 aromatic rings. The van der Waals surface area contributed by atoms with Crippen molar-refractivity contribution in [2.75, 3.05) is 4.90 Å². The fraction of sp³-hybridized carbons (Fsp3) is 0.0732. The quantitative estimate of drug-likeness (QED) is 0.187. The molecule has 1 aliphatic heterocycles. The number of benzene rings is 5. The number of fused-ring (bicyclic) bond motifs is 12. The molecular formula is C41H28N4O2. The number of pyridine rings is 2. The van der Waals surface area contributed by atoms with Crippen LogP contribution >= 0.6 is 0 Å². The third-order valence-corrected chi connectivity index (χ3v) is 9.69. The van der Waals surface area contributed by atoms with E-state index in [1.54, 1.807) is 0 Å². The van der Waals surface area contributed by atoms with E-state index in [1.165, 1.54) is 10.9 Å². The van der Waals surface area contributed by atoms with Gasteiger partial charge < -0.3 is 9.15 Å². The van der Waals surface area contributed by atoms with E-state index in [0.29, 0.717) is 0 Å². The number of hydrogen-bond acceptors (Lipinski definition) is 5. The van der Waals surface area contributed by atoms with Gasteiger partial charge in [0.1, 0.15) is 28.5 Å². The van der Waals surface area contributed by atoms with Crippen LogP contribution in [0.2, 0.25) is 0 Å². The van der Waals surface area contributed by atoms with Crippen molar-refractivity contribution in [3.05, 3.63) is 145 Å². The largest absolute Gasteiger partial charge is 0.457 e. The zero-order valence-electron chi connectivity index (χ0n) is 25.8. The van der Waals surface area contributed by atoms with Crippen molar-refractivity contribution >= 4 is 66.5 Å². The number of rotatable bonds is 3. The van der Waals surface area contributed by atoms with Crippen molar-refractivity contribution in [3.8, 4) is 11.5 Å².